The molecule has 0 aliphatic heterocycles. The molecule has 0 fully saturated rings. The number of thioether (sulfide) groups is 1. The van der Waals surface area contributed by atoms with Crippen molar-refractivity contribution in [2.75, 3.05) is 17.3 Å². The van der Waals surface area contributed by atoms with Crippen LogP contribution in [0.3, 0.4) is 0 Å². The average Bonchev–Trinajstić information content (AvgIpc) is 2.80. The monoisotopic (exact) mass is 479 g/mol. The number of rotatable bonds is 7. The summed E-state index contributed by atoms with van der Waals surface area (Å²) < 4.78 is 24.7. The molecule has 4 aromatic rings. The predicted molar refractivity (Wildman–Crippen MR) is 130 cm³/mol. The number of hydrogen-bond acceptors (Lipinski definition) is 6. The summed E-state index contributed by atoms with van der Waals surface area (Å²) in [6.45, 7) is 0.342. The molecule has 4 rings (SSSR count). The van der Waals surface area contributed by atoms with Gasteiger partial charge in [0.15, 0.2) is 15.0 Å². The van der Waals surface area contributed by atoms with Crippen LogP contribution in [0.2, 0.25) is 0 Å². The van der Waals surface area contributed by atoms with Crippen LogP contribution in [-0.4, -0.2) is 35.9 Å². The molecule has 33 heavy (non-hydrogen) atoms. The summed E-state index contributed by atoms with van der Waals surface area (Å²) in [7, 11) is -3.30. The first kappa shape index (κ1) is 22.8. The third kappa shape index (κ3) is 5.50. The Bertz CT molecular complexity index is 1470. The zero-order valence-corrected chi connectivity index (χ0v) is 19.4. The van der Waals surface area contributed by atoms with Crippen LogP contribution < -0.4 is 10.9 Å². The number of anilines is 1. The van der Waals surface area contributed by atoms with Crippen LogP contribution in [-0.2, 0) is 21.2 Å². The van der Waals surface area contributed by atoms with E-state index in [9.17, 15) is 18.0 Å². The van der Waals surface area contributed by atoms with Gasteiger partial charge < -0.3 is 5.32 Å². The molecule has 0 spiro atoms. The highest BCUT2D eigenvalue weighted by molar-refractivity contribution is 7.99. The second-order valence-electron chi connectivity index (χ2n) is 7.42. The van der Waals surface area contributed by atoms with Gasteiger partial charge in [-0.1, -0.05) is 54.2 Å². The molecular weight excluding hydrogens is 458 g/mol. The van der Waals surface area contributed by atoms with Crippen molar-refractivity contribution in [3.63, 3.8) is 0 Å². The maximum atomic E-state index is 13.2. The second-order valence-corrected chi connectivity index (χ2v) is 10.4. The zero-order valence-electron chi connectivity index (χ0n) is 17.8. The van der Waals surface area contributed by atoms with Gasteiger partial charge in [-0.25, -0.2) is 13.4 Å². The number of fused-ring (bicyclic) bond motifs is 1. The highest BCUT2D eigenvalue weighted by Gasteiger charge is 2.14. The lowest BCUT2D eigenvalue weighted by Gasteiger charge is -2.13. The maximum Gasteiger partial charge on any atom is 0.262 e. The number of amides is 1. The number of aromatic nitrogens is 2. The summed E-state index contributed by atoms with van der Waals surface area (Å²) in [4.78, 5) is 30.5. The number of hydrogen-bond donors (Lipinski definition) is 1. The molecule has 1 heterocycles. The fraction of sp³-hybridized carbons (Fsp3) is 0.125. The van der Waals surface area contributed by atoms with Crippen molar-refractivity contribution in [1.29, 1.82) is 0 Å². The fourth-order valence-electron chi connectivity index (χ4n) is 3.28. The lowest BCUT2D eigenvalue weighted by Crippen LogP contribution is -2.24. The molecule has 3 aromatic carbocycles. The van der Waals surface area contributed by atoms with Crippen LogP contribution in [0.15, 0.2) is 93.7 Å². The van der Waals surface area contributed by atoms with Gasteiger partial charge in [0, 0.05) is 11.9 Å². The summed E-state index contributed by atoms with van der Waals surface area (Å²) in [5.74, 6) is -0.256. The van der Waals surface area contributed by atoms with Crippen molar-refractivity contribution in [1.82, 2.24) is 9.55 Å². The van der Waals surface area contributed by atoms with Gasteiger partial charge in [-0.2, -0.15) is 0 Å². The lowest BCUT2D eigenvalue weighted by atomic mass is 10.2. The highest BCUT2D eigenvalue weighted by Crippen LogP contribution is 2.20. The normalized spacial score (nSPS) is 11.4. The minimum absolute atomic E-state index is 0.0351. The fourth-order valence-corrected chi connectivity index (χ4v) is 4.70. The van der Waals surface area contributed by atoms with E-state index in [1.165, 1.54) is 23.9 Å². The standard InChI is InChI=1S/C24H21N3O4S2/c1-33(30,31)19-13-11-18(12-14-19)25-22(28)16-32-24-26-21-10-6-5-9-20(21)23(29)27(24)15-17-7-3-2-4-8-17/h2-14H,15-16H2,1H3,(H,25,28). The third-order valence-corrected chi connectivity index (χ3v) is 7.01. The molecule has 0 unspecified atom stereocenters. The summed E-state index contributed by atoms with van der Waals surface area (Å²) in [5.41, 5.74) is 1.85. The van der Waals surface area contributed by atoms with Gasteiger partial charge >= 0.3 is 0 Å². The SMILES string of the molecule is CS(=O)(=O)c1ccc(NC(=O)CSc2nc3ccccc3c(=O)n2Cc2ccccc2)cc1. The number of carbonyl (C=O) groups excluding carboxylic acids is 1. The number of carbonyl (C=O) groups is 1. The molecule has 0 aliphatic carbocycles. The van der Waals surface area contributed by atoms with Crippen LogP contribution in [0.1, 0.15) is 5.56 Å². The van der Waals surface area contributed by atoms with E-state index in [2.05, 4.69) is 10.3 Å². The number of nitrogens with one attached hydrogen (secondary N) is 1. The minimum atomic E-state index is -3.30. The van der Waals surface area contributed by atoms with Crippen LogP contribution in [0.25, 0.3) is 10.9 Å². The first-order valence-corrected chi connectivity index (χ1v) is 13.0. The van der Waals surface area contributed by atoms with E-state index >= 15 is 0 Å². The Morgan fingerprint density at radius 3 is 2.33 bits per heavy atom. The molecule has 0 saturated carbocycles. The number of para-hydroxylation sites is 1. The smallest absolute Gasteiger partial charge is 0.262 e. The Labute approximate surface area is 195 Å². The molecule has 1 aromatic heterocycles. The molecule has 0 bridgehead atoms. The molecule has 7 nitrogen and oxygen atoms in total. The Morgan fingerprint density at radius 2 is 1.64 bits per heavy atom. The van der Waals surface area contributed by atoms with Crippen molar-refractivity contribution in [3.8, 4) is 0 Å². The van der Waals surface area contributed by atoms with E-state index < -0.39 is 9.84 Å². The van der Waals surface area contributed by atoms with Crippen molar-refractivity contribution in [2.24, 2.45) is 0 Å². The Hall–Kier alpha value is -3.43. The predicted octanol–water partition coefficient (Wildman–Crippen LogP) is 3.58. The van der Waals surface area contributed by atoms with E-state index in [0.717, 1.165) is 11.8 Å². The molecule has 9 heteroatoms. The average molecular weight is 480 g/mol. The quantitative estimate of drug-likeness (QED) is 0.321. The van der Waals surface area contributed by atoms with Gasteiger partial charge in [-0.15, -0.1) is 0 Å². The van der Waals surface area contributed by atoms with E-state index in [0.29, 0.717) is 28.3 Å². The third-order valence-electron chi connectivity index (χ3n) is 4.91. The Kier molecular flexibility index (Phi) is 6.62. The van der Waals surface area contributed by atoms with Gasteiger partial charge in [0.1, 0.15) is 0 Å². The summed E-state index contributed by atoms with van der Waals surface area (Å²) in [6.07, 6.45) is 1.13. The number of benzene rings is 3. The molecule has 0 radical (unpaired) electrons. The molecule has 0 saturated heterocycles. The van der Waals surface area contributed by atoms with Crippen molar-refractivity contribution in [2.45, 2.75) is 16.6 Å². The summed E-state index contributed by atoms with van der Waals surface area (Å²) in [5, 5.41) is 3.71. The largest absolute Gasteiger partial charge is 0.325 e. The van der Waals surface area contributed by atoms with Crippen LogP contribution in [0.5, 0.6) is 0 Å². The van der Waals surface area contributed by atoms with Gasteiger partial charge in [0.05, 0.1) is 28.1 Å². The topological polar surface area (TPSA) is 98.1 Å². The van der Waals surface area contributed by atoms with Gasteiger partial charge in [-0.3, -0.25) is 14.2 Å². The molecular formula is C24H21N3O4S2. The summed E-state index contributed by atoms with van der Waals surface area (Å²) in [6, 6.07) is 22.7. The number of sulfone groups is 1. The first-order chi connectivity index (χ1) is 15.8. The van der Waals surface area contributed by atoms with Gasteiger partial charge in [0.2, 0.25) is 5.91 Å². The van der Waals surface area contributed by atoms with Crippen LogP contribution in [0, 0.1) is 0 Å². The molecule has 0 atom stereocenters. The number of nitrogens with zero attached hydrogens (tertiary/aromatic N) is 2. The highest BCUT2D eigenvalue weighted by atomic mass is 32.2. The van der Waals surface area contributed by atoms with E-state index in [-0.39, 0.29) is 22.1 Å². The lowest BCUT2D eigenvalue weighted by molar-refractivity contribution is -0.113. The van der Waals surface area contributed by atoms with Crippen LogP contribution in [0.4, 0.5) is 5.69 Å². The maximum absolute atomic E-state index is 13.2. The molecule has 0 aliphatic rings. The van der Waals surface area contributed by atoms with Gasteiger partial charge in [0.25, 0.3) is 5.56 Å². The zero-order chi connectivity index (χ0) is 23.4. The Morgan fingerprint density at radius 1 is 0.970 bits per heavy atom. The first-order valence-electron chi connectivity index (χ1n) is 10.1. The van der Waals surface area contributed by atoms with E-state index in [1.807, 2.05) is 36.4 Å². The molecule has 1 N–H and O–H groups in total. The van der Waals surface area contributed by atoms with Crippen molar-refractivity contribution < 1.29 is 13.2 Å². The summed E-state index contributed by atoms with van der Waals surface area (Å²) >= 11 is 1.17. The molecule has 168 valence electrons. The minimum Gasteiger partial charge on any atom is -0.325 e. The molecule has 1 amide bonds. The van der Waals surface area contributed by atoms with E-state index in [4.69, 9.17) is 0 Å². The van der Waals surface area contributed by atoms with Crippen LogP contribution >= 0.6 is 11.8 Å². The van der Waals surface area contributed by atoms with Crippen molar-refractivity contribution in [3.05, 3.63) is 94.8 Å². The Balaban J connectivity index is 1.55. The second kappa shape index (κ2) is 9.60. The van der Waals surface area contributed by atoms with Gasteiger partial charge in [-0.05, 0) is 42.0 Å². The van der Waals surface area contributed by atoms with Crippen molar-refractivity contribution >= 4 is 44.1 Å². The van der Waals surface area contributed by atoms with E-state index in [1.54, 1.807) is 34.9 Å².